The van der Waals surface area contributed by atoms with Gasteiger partial charge < -0.3 is 30.5 Å². The van der Waals surface area contributed by atoms with Gasteiger partial charge in [-0.15, -0.1) is 0 Å². The maximum Gasteiger partial charge on any atom is 0.251 e. The Labute approximate surface area is 314 Å². The monoisotopic (exact) mass is 726 g/mol. The van der Waals surface area contributed by atoms with E-state index in [0.29, 0.717) is 29.1 Å². The molecule has 1 heterocycles. The van der Waals surface area contributed by atoms with Crippen LogP contribution in [0, 0.1) is 29.1 Å². The maximum absolute atomic E-state index is 14.3. The molecule has 3 saturated carbocycles. The Balaban J connectivity index is 1.29. The van der Waals surface area contributed by atoms with Crippen molar-refractivity contribution < 1.29 is 29.4 Å². The fraction of sp³-hybridized carbons (Fsp3) is 0.535. The SMILES string of the molecule is CC[C@H](NC(=O)c1cc(-c2cccc(CN3O[C@@H](CO)[C@@H]([C@H](C)O)[C@H]3C(=O)N[C@H]3C[C@H]4C[C@@H](C3C)C4(C)C)c2OC)cc(N(C)C)c1)c1ccccc1. The molecule has 53 heavy (non-hydrogen) atoms. The van der Waals surface area contributed by atoms with E-state index in [1.54, 1.807) is 19.1 Å². The van der Waals surface area contributed by atoms with E-state index in [1.165, 1.54) is 6.42 Å². The average Bonchev–Trinajstić information content (AvgIpc) is 3.53. The zero-order valence-electron chi connectivity index (χ0n) is 32.5. The van der Waals surface area contributed by atoms with Gasteiger partial charge >= 0.3 is 0 Å². The van der Waals surface area contributed by atoms with E-state index in [-0.39, 0.29) is 42.5 Å². The number of anilines is 1. The number of ether oxygens (including phenoxy) is 1. The molecule has 1 aliphatic heterocycles. The van der Waals surface area contributed by atoms with Crippen LogP contribution in [0.25, 0.3) is 11.1 Å². The van der Waals surface area contributed by atoms with Gasteiger partial charge in [-0.2, -0.15) is 5.06 Å². The first-order valence-electron chi connectivity index (χ1n) is 19.2. The molecule has 2 amide bonds. The minimum absolute atomic E-state index is 0.0393. The van der Waals surface area contributed by atoms with Gasteiger partial charge in [-0.25, -0.2) is 0 Å². The number of carbonyl (C=O) groups is 2. The van der Waals surface area contributed by atoms with Crippen molar-refractivity contribution in [3.05, 3.63) is 83.4 Å². The summed E-state index contributed by atoms with van der Waals surface area (Å²) in [4.78, 5) is 36.3. The standard InChI is InChI=1S/C43H58N4O6/c1-9-35(27-14-11-10-12-15-27)44-41(50)30-18-29(19-32(20-30)46(6)7)33-17-13-16-28(40(33)52-8)23-47-39(38(26(3)49)37(24-48)53-47)42(51)45-36-22-31-21-34(25(36)2)43(31,4)5/h10-20,25-26,31,34-39,48-49H,9,21-24H2,1-8H3,(H,44,50)(H,45,51)/t25?,26-,31+,34-,35-,36-,37-,38+,39-/m0/s1. The number of benzene rings is 3. The Kier molecular flexibility index (Phi) is 11.5. The maximum atomic E-state index is 14.3. The number of carbonyl (C=O) groups excluding carboxylic acids is 2. The number of fused-ring (bicyclic) bond motifs is 2. The number of nitrogens with one attached hydrogen (secondary N) is 2. The van der Waals surface area contributed by atoms with Crippen LogP contribution in [0.3, 0.4) is 0 Å². The van der Waals surface area contributed by atoms with E-state index in [1.807, 2.05) is 85.7 Å². The first-order chi connectivity index (χ1) is 25.3. The third-order valence-electron chi connectivity index (χ3n) is 12.6. The van der Waals surface area contributed by atoms with E-state index in [0.717, 1.165) is 40.8 Å². The lowest BCUT2D eigenvalue weighted by atomic mass is 9.45. The predicted molar refractivity (Wildman–Crippen MR) is 207 cm³/mol. The average molecular weight is 727 g/mol. The molecule has 10 nitrogen and oxygen atoms in total. The molecule has 4 aliphatic rings. The lowest BCUT2D eigenvalue weighted by molar-refractivity contribution is -0.183. The highest BCUT2D eigenvalue weighted by atomic mass is 16.7. The summed E-state index contributed by atoms with van der Waals surface area (Å²) in [6.07, 6.45) is 1.23. The lowest BCUT2D eigenvalue weighted by Gasteiger charge is -2.62. The van der Waals surface area contributed by atoms with Gasteiger partial charge in [0.15, 0.2) is 0 Å². The number of para-hydroxylation sites is 1. The molecule has 3 aromatic carbocycles. The van der Waals surface area contributed by atoms with Crippen LogP contribution in [-0.4, -0.2) is 79.2 Å². The first kappa shape index (κ1) is 38.8. The van der Waals surface area contributed by atoms with E-state index < -0.39 is 24.2 Å². The summed E-state index contributed by atoms with van der Waals surface area (Å²) in [6.45, 7) is 10.4. The molecule has 9 atom stereocenters. The molecule has 10 heteroatoms. The van der Waals surface area contributed by atoms with Crippen LogP contribution < -0.4 is 20.3 Å². The Bertz CT molecular complexity index is 1760. The Morgan fingerprint density at radius 3 is 2.42 bits per heavy atom. The summed E-state index contributed by atoms with van der Waals surface area (Å²) >= 11 is 0. The van der Waals surface area contributed by atoms with Crippen LogP contribution in [0.2, 0.25) is 0 Å². The minimum atomic E-state index is -0.898. The van der Waals surface area contributed by atoms with Crippen molar-refractivity contribution in [2.45, 2.75) is 90.8 Å². The van der Waals surface area contributed by atoms with Crippen molar-refractivity contribution in [1.82, 2.24) is 15.7 Å². The van der Waals surface area contributed by atoms with Gasteiger partial charge in [-0.1, -0.05) is 76.2 Å². The largest absolute Gasteiger partial charge is 0.496 e. The smallest absolute Gasteiger partial charge is 0.251 e. The lowest BCUT2D eigenvalue weighted by Crippen LogP contribution is -2.62. The van der Waals surface area contributed by atoms with Gasteiger partial charge in [0, 0.05) is 48.4 Å². The Morgan fingerprint density at radius 2 is 1.81 bits per heavy atom. The molecule has 3 aromatic rings. The van der Waals surface area contributed by atoms with Crippen LogP contribution in [0.5, 0.6) is 5.75 Å². The quantitative estimate of drug-likeness (QED) is 0.170. The van der Waals surface area contributed by atoms with Gasteiger partial charge in [0.1, 0.15) is 17.9 Å². The third-order valence-corrected chi connectivity index (χ3v) is 12.6. The number of amides is 2. The van der Waals surface area contributed by atoms with Crippen molar-refractivity contribution in [3.63, 3.8) is 0 Å². The molecule has 1 saturated heterocycles. The van der Waals surface area contributed by atoms with Crippen molar-refractivity contribution in [2.75, 3.05) is 32.7 Å². The molecule has 4 fully saturated rings. The summed E-state index contributed by atoms with van der Waals surface area (Å²) in [5.41, 5.74) is 5.05. The van der Waals surface area contributed by atoms with Crippen molar-refractivity contribution >= 4 is 17.5 Å². The van der Waals surface area contributed by atoms with Gasteiger partial charge in [0.2, 0.25) is 5.91 Å². The number of hydrogen-bond acceptors (Lipinski definition) is 8. The molecule has 2 bridgehead atoms. The second-order valence-corrected chi connectivity index (χ2v) is 16.2. The third kappa shape index (κ3) is 7.56. The van der Waals surface area contributed by atoms with Gasteiger partial charge in [0.05, 0.1) is 32.4 Å². The van der Waals surface area contributed by atoms with E-state index in [2.05, 4.69) is 38.3 Å². The Morgan fingerprint density at radius 1 is 1.08 bits per heavy atom. The predicted octanol–water partition coefficient (Wildman–Crippen LogP) is 5.97. The fourth-order valence-electron chi connectivity index (χ4n) is 9.33. The highest BCUT2D eigenvalue weighted by Crippen LogP contribution is 2.61. The number of aliphatic hydroxyl groups excluding tert-OH is 2. The molecule has 286 valence electrons. The summed E-state index contributed by atoms with van der Waals surface area (Å²) in [5, 5.41) is 29.5. The number of aliphatic hydroxyl groups is 2. The van der Waals surface area contributed by atoms with E-state index in [4.69, 9.17) is 9.57 Å². The molecule has 0 aromatic heterocycles. The number of methoxy groups -OCH3 is 1. The van der Waals surface area contributed by atoms with Gasteiger partial charge in [-0.3, -0.25) is 14.4 Å². The number of hydroxylamine groups is 2. The minimum Gasteiger partial charge on any atom is -0.496 e. The second-order valence-electron chi connectivity index (χ2n) is 16.2. The summed E-state index contributed by atoms with van der Waals surface area (Å²) < 4.78 is 6.08. The normalized spacial score (nSPS) is 27.3. The molecule has 0 spiro atoms. The topological polar surface area (TPSA) is 124 Å². The molecule has 4 N–H and O–H groups in total. The van der Waals surface area contributed by atoms with Gasteiger partial charge in [-0.05, 0) is 78.7 Å². The van der Waals surface area contributed by atoms with Crippen LogP contribution in [-0.2, 0) is 16.2 Å². The molecule has 3 aliphatic carbocycles. The zero-order chi connectivity index (χ0) is 38.2. The molecule has 0 radical (unpaired) electrons. The highest BCUT2D eigenvalue weighted by Gasteiger charge is 2.57. The van der Waals surface area contributed by atoms with E-state index in [9.17, 15) is 19.8 Å². The van der Waals surface area contributed by atoms with E-state index >= 15 is 0 Å². The van der Waals surface area contributed by atoms with Crippen LogP contribution in [0.15, 0.2) is 66.7 Å². The molecule has 7 rings (SSSR count). The van der Waals surface area contributed by atoms with Crippen LogP contribution in [0.4, 0.5) is 5.69 Å². The van der Waals surface area contributed by atoms with Crippen molar-refractivity contribution in [3.8, 4) is 16.9 Å². The summed E-state index contributed by atoms with van der Waals surface area (Å²) in [5.74, 6) is 1.03. The fourth-order valence-corrected chi connectivity index (χ4v) is 9.33. The number of hydrogen-bond donors (Lipinski definition) is 4. The van der Waals surface area contributed by atoms with Gasteiger partial charge in [0.25, 0.3) is 5.91 Å². The summed E-state index contributed by atoms with van der Waals surface area (Å²) in [6, 6.07) is 20.6. The molecular weight excluding hydrogens is 668 g/mol. The van der Waals surface area contributed by atoms with Crippen LogP contribution >= 0.6 is 0 Å². The zero-order valence-corrected chi connectivity index (χ0v) is 32.5. The summed E-state index contributed by atoms with van der Waals surface area (Å²) in [7, 11) is 5.49. The molecule has 1 unspecified atom stereocenters. The Hall–Kier alpha value is -3.96. The first-order valence-corrected chi connectivity index (χ1v) is 19.2. The van der Waals surface area contributed by atoms with Crippen molar-refractivity contribution in [1.29, 1.82) is 0 Å². The highest BCUT2D eigenvalue weighted by molar-refractivity contribution is 5.97. The molecular formula is C43H58N4O6. The number of nitrogens with zero attached hydrogens (tertiary/aromatic N) is 2. The second kappa shape index (κ2) is 15.8. The van der Waals surface area contributed by atoms with Crippen molar-refractivity contribution in [2.24, 2.45) is 29.1 Å². The number of rotatable bonds is 13. The van der Waals surface area contributed by atoms with Crippen LogP contribution in [0.1, 0.15) is 81.4 Å².